The number of imide groups is 1. The Kier molecular flexibility index (Phi) is 3.54. The first-order valence-electron chi connectivity index (χ1n) is 5.57. The number of hydrogen-bond donors (Lipinski definition) is 1. The number of nitrogens with one attached hydrogen (secondary N) is 1. The molecule has 1 atom stereocenters. The third kappa shape index (κ3) is 2.64. The van der Waals surface area contributed by atoms with Crippen molar-refractivity contribution in [1.82, 2.24) is 10.2 Å². The van der Waals surface area contributed by atoms with Crippen molar-refractivity contribution in [3.8, 4) is 6.07 Å². The number of carbonyl (C=O) groups is 2. The van der Waals surface area contributed by atoms with Crippen LogP contribution in [0, 0.1) is 16.7 Å². The van der Waals surface area contributed by atoms with E-state index < -0.39 is 29.1 Å². The van der Waals surface area contributed by atoms with E-state index in [1.807, 2.05) is 6.07 Å². The molecule has 5 nitrogen and oxygen atoms in total. The zero-order valence-electron chi connectivity index (χ0n) is 10.8. The molecular formula is C11H14F3N3O2. The molecule has 0 aromatic heterocycles. The van der Waals surface area contributed by atoms with Gasteiger partial charge >= 0.3 is 12.2 Å². The molecule has 0 aromatic rings. The zero-order valence-corrected chi connectivity index (χ0v) is 10.8. The van der Waals surface area contributed by atoms with Gasteiger partial charge in [-0.05, 0) is 27.2 Å². The summed E-state index contributed by atoms with van der Waals surface area (Å²) in [7, 11) is 0. The van der Waals surface area contributed by atoms with Gasteiger partial charge in [-0.1, -0.05) is 0 Å². The van der Waals surface area contributed by atoms with E-state index in [1.54, 1.807) is 19.2 Å². The molecule has 1 aliphatic heterocycles. The first kappa shape index (κ1) is 15.3. The Labute approximate surface area is 108 Å². The summed E-state index contributed by atoms with van der Waals surface area (Å²) >= 11 is 0. The van der Waals surface area contributed by atoms with Gasteiger partial charge in [0.15, 0.2) is 0 Å². The Morgan fingerprint density at radius 1 is 1.37 bits per heavy atom. The molecule has 19 heavy (non-hydrogen) atoms. The van der Waals surface area contributed by atoms with Gasteiger partial charge in [0.2, 0.25) is 5.54 Å². The van der Waals surface area contributed by atoms with Crippen molar-refractivity contribution in [3.05, 3.63) is 0 Å². The lowest BCUT2D eigenvalue weighted by Gasteiger charge is -2.25. The summed E-state index contributed by atoms with van der Waals surface area (Å²) in [6, 6.07) is 0.869. The van der Waals surface area contributed by atoms with E-state index in [9.17, 15) is 22.8 Å². The highest BCUT2D eigenvalue weighted by Crippen LogP contribution is 2.35. The molecule has 1 saturated heterocycles. The van der Waals surface area contributed by atoms with Gasteiger partial charge < -0.3 is 5.32 Å². The van der Waals surface area contributed by atoms with Gasteiger partial charge in [0.25, 0.3) is 5.91 Å². The predicted molar refractivity (Wildman–Crippen MR) is 58.7 cm³/mol. The van der Waals surface area contributed by atoms with Gasteiger partial charge in [-0.25, -0.2) is 4.79 Å². The first-order valence-corrected chi connectivity index (χ1v) is 5.57. The molecule has 1 rings (SSSR count). The highest BCUT2D eigenvalue weighted by Gasteiger charge is 2.64. The largest absolute Gasteiger partial charge is 0.420 e. The van der Waals surface area contributed by atoms with Crippen LogP contribution in [0.2, 0.25) is 0 Å². The minimum atomic E-state index is -4.86. The second-order valence-electron chi connectivity index (χ2n) is 5.26. The van der Waals surface area contributed by atoms with Gasteiger partial charge in [-0.2, -0.15) is 18.4 Å². The number of carbonyl (C=O) groups excluding carboxylic acids is 2. The predicted octanol–water partition coefficient (Wildman–Crippen LogP) is 1.80. The van der Waals surface area contributed by atoms with E-state index in [0.29, 0.717) is 11.8 Å². The highest BCUT2D eigenvalue weighted by atomic mass is 19.4. The Morgan fingerprint density at radius 2 is 1.89 bits per heavy atom. The van der Waals surface area contributed by atoms with Crippen molar-refractivity contribution in [3.63, 3.8) is 0 Å². The number of nitriles is 1. The maximum atomic E-state index is 12.8. The average molecular weight is 277 g/mol. The fraction of sp³-hybridized carbons (Fsp3) is 0.727. The monoisotopic (exact) mass is 277 g/mol. The van der Waals surface area contributed by atoms with Gasteiger partial charge in [0, 0.05) is 6.54 Å². The van der Waals surface area contributed by atoms with Crippen LogP contribution in [0.15, 0.2) is 0 Å². The number of halogens is 3. The Morgan fingerprint density at radius 3 is 2.26 bits per heavy atom. The molecule has 3 amide bonds. The van der Waals surface area contributed by atoms with E-state index in [0.717, 1.165) is 0 Å². The van der Waals surface area contributed by atoms with Gasteiger partial charge in [0.1, 0.15) is 0 Å². The molecule has 106 valence electrons. The maximum absolute atomic E-state index is 12.8. The van der Waals surface area contributed by atoms with E-state index in [2.05, 4.69) is 0 Å². The Balaban J connectivity index is 2.88. The van der Waals surface area contributed by atoms with Crippen LogP contribution in [0.4, 0.5) is 18.0 Å². The van der Waals surface area contributed by atoms with E-state index >= 15 is 0 Å². The Bertz CT molecular complexity index is 453. The van der Waals surface area contributed by atoms with Crippen molar-refractivity contribution < 1.29 is 22.8 Å². The summed E-state index contributed by atoms with van der Waals surface area (Å²) in [5.74, 6) is -1.33. The molecule has 1 unspecified atom stereocenters. The van der Waals surface area contributed by atoms with Crippen LogP contribution in [0.3, 0.4) is 0 Å². The summed E-state index contributed by atoms with van der Waals surface area (Å²) in [6.45, 7) is 3.56. The standard InChI is InChI=1S/C11H14F3N3O2/c1-9(2,6-15)4-5-17-7(18)10(3,11(12,13)14)16-8(17)19/h4-5H2,1-3H3,(H,16,19). The van der Waals surface area contributed by atoms with Crippen LogP contribution in [-0.2, 0) is 4.79 Å². The summed E-state index contributed by atoms with van der Waals surface area (Å²) < 4.78 is 38.3. The van der Waals surface area contributed by atoms with Crippen LogP contribution in [0.25, 0.3) is 0 Å². The quantitative estimate of drug-likeness (QED) is 0.799. The van der Waals surface area contributed by atoms with E-state index in [-0.39, 0.29) is 13.0 Å². The van der Waals surface area contributed by atoms with Gasteiger partial charge in [0.05, 0.1) is 11.5 Å². The van der Waals surface area contributed by atoms with Crippen molar-refractivity contribution in [2.45, 2.75) is 38.9 Å². The molecule has 1 fully saturated rings. The zero-order chi connectivity index (χ0) is 15.1. The summed E-state index contributed by atoms with van der Waals surface area (Å²) in [6.07, 6.45) is -4.75. The molecule has 1 aliphatic rings. The van der Waals surface area contributed by atoms with Gasteiger partial charge in [-0.15, -0.1) is 0 Å². The number of hydrogen-bond acceptors (Lipinski definition) is 3. The van der Waals surface area contributed by atoms with Crippen LogP contribution in [0.1, 0.15) is 27.2 Å². The lowest BCUT2D eigenvalue weighted by Crippen LogP contribution is -2.56. The minimum absolute atomic E-state index is 0.108. The molecule has 1 N–H and O–H groups in total. The number of urea groups is 1. The number of rotatable bonds is 3. The number of alkyl halides is 3. The van der Waals surface area contributed by atoms with Crippen molar-refractivity contribution in [1.29, 1.82) is 5.26 Å². The molecule has 8 heteroatoms. The fourth-order valence-corrected chi connectivity index (χ4v) is 1.54. The van der Waals surface area contributed by atoms with Crippen molar-refractivity contribution in [2.75, 3.05) is 6.54 Å². The van der Waals surface area contributed by atoms with Crippen LogP contribution in [0.5, 0.6) is 0 Å². The lowest BCUT2D eigenvalue weighted by atomic mass is 9.91. The van der Waals surface area contributed by atoms with Crippen LogP contribution >= 0.6 is 0 Å². The molecule has 0 bridgehead atoms. The molecule has 0 saturated carbocycles. The molecule has 0 aromatic carbocycles. The SMILES string of the molecule is CC(C)(C#N)CCN1C(=O)NC(C)(C(F)(F)F)C1=O. The Hall–Kier alpha value is -1.78. The van der Waals surface area contributed by atoms with Crippen LogP contribution < -0.4 is 5.32 Å². The topological polar surface area (TPSA) is 73.2 Å². The summed E-state index contributed by atoms with van der Waals surface area (Å²) in [5.41, 5.74) is -3.71. The van der Waals surface area contributed by atoms with Crippen molar-refractivity contribution >= 4 is 11.9 Å². The second kappa shape index (κ2) is 4.40. The third-order valence-electron chi connectivity index (χ3n) is 3.10. The fourth-order valence-electron chi connectivity index (χ4n) is 1.54. The smallest absolute Gasteiger partial charge is 0.316 e. The maximum Gasteiger partial charge on any atom is 0.420 e. The first-order chi connectivity index (χ1) is 8.44. The van der Waals surface area contributed by atoms with Crippen LogP contribution in [-0.4, -0.2) is 35.1 Å². The third-order valence-corrected chi connectivity index (χ3v) is 3.10. The molecule has 0 spiro atoms. The highest BCUT2D eigenvalue weighted by molar-refractivity contribution is 6.07. The van der Waals surface area contributed by atoms with E-state index in [4.69, 9.17) is 5.26 Å². The normalized spacial score (nSPS) is 24.4. The summed E-state index contributed by atoms with van der Waals surface area (Å²) in [5, 5.41) is 10.5. The van der Waals surface area contributed by atoms with E-state index in [1.165, 1.54) is 0 Å². The number of nitrogens with zero attached hydrogens (tertiary/aromatic N) is 2. The second-order valence-corrected chi connectivity index (χ2v) is 5.26. The molecule has 0 aliphatic carbocycles. The average Bonchev–Trinajstić information content (AvgIpc) is 2.48. The lowest BCUT2D eigenvalue weighted by molar-refractivity contribution is -0.191. The van der Waals surface area contributed by atoms with Crippen molar-refractivity contribution in [2.24, 2.45) is 5.41 Å². The molecule has 0 radical (unpaired) electrons. The van der Waals surface area contributed by atoms with Gasteiger partial charge in [-0.3, -0.25) is 9.69 Å². The summed E-state index contributed by atoms with van der Waals surface area (Å²) in [4.78, 5) is 23.7. The minimum Gasteiger partial charge on any atom is -0.316 e. The molecule has 1 heterocycles. The molecular weight excluding hydrogens is 263 g/mol. The number of amides is 3.